The van der Waals surface area contributed by atoms with Gasteiger partial charge in [0.25, 0.3) is 5.91 Å². The van der Waals surface area contributed by atoms with Crippen LogP contribution in [0, 0.1) is 0 Å². The van der Waals surface area contributed by atoms with Crippen LogP contribution in [0.4, 0.5) is 11.4 Å². The lowest BCUT2D eigenvalue weighted by Gasteiger charge is -2.30. The fraction of sp³-hybridized carbons (Fsp3) is 0.192. The number of fused-ring (bicyclic) bond motifs is 3. The first-order valence-electron chi connectivity index (χ1n) is 10.8. The smallest absolute Gasteiger partial charge is 0.344 e. The lowest BCUT2D eigenvalue weighted by atomic mass is 10.1. The van der Waals surface area contributed by atoms with Crippen LogP contribution in [0.25, 0.3) is 0 Å². The van der Waals surface area contributed by atoms with E-state index in [0.29, 0.717) is 29.1 Å². The number of ether oxygens (including phenoxy) is 2. The van der Waals surface area contributed by atoms with Crippen LogP contribution in [0.5, 0.6) is 5.75 Å². The number of benzene rings is 3. The largest absolute Gasteiger partial charge is 0.497 e. The molecule has 0 aromatic heterocycles. The molecule has 0 spiro atoms. The van der Waals surface area contributed by atoms with Crippen LogP contribution >= 0.6 is 11.8 Å². The molecule has 0 bridgehead atoms. The van der Waals surface area contributed by atoms with Crippen LogP contribution in [0.3, 0.4) is 0 Å². The Kier molecular flexibility index (Phi) is 5.75. The van der Waals surface area contributed by atoms with Crippen molar-refractivity contribution >= 4 is 40.9 Å². The molecule has 0 saturated carbocycles. The highest BCUT2D eigenvalue weighted by atomic mass is 32.2. The maximum atomic E-state index is 13.7. The molecule has 2 atom stereocenters. The fourth-order valence-corrected chi connectivity index (χ4v) is 5.66. The molecule has 2 aliphatic rings. The monoisotopic (exact) mass is 474 g/mol. The summed E-state index contributed by atoms with van der Waals surface area (Å²) in [7, 11) is 1.56. The van der Waals surface area contributed by atoms with Gasteiger partial charge < -0.3 is 14.8 Å². The highest BCUT2D eigenvalue weighted by Gasteiger charge is 2.59. The molecule has 5 rings (SSSR count). The molecule has 34 heavy (non-hydrogen) atoms. The lowest BCUT2D eigenvalue weighted by Crippen LogP contribution is -2.48. The Bertz CT molecular complexity index is 1250. The molecule has 0 radical (unpaired) electrons. The molecular formula is C26H22N2O5S. The second-order valence-electron chi connectivity index (χ2n) is 8.00. The average molecular weight is 475 g/mol. The van der Waals surface area contributed by atoms with Crippen molar-refractivity contribution in [2.24, 2.45) is 0 Å². The molecule has 3 aromatic rings. The van der Waals surface area contributed by atoms with Crippen molar-refractivity contribution in [3.8, 4) is 5.75 Å². The predicted molar refractivity (Wildman–Crippen MR) is 129 cm³/mol. The Hall–Kier alpha value is -3.78. The van der Waals surface area contributed by atoms with Gasteiger partial charge in [-0.25, -0.2) is 4.79 Å². The topological polar surface area (TPSA) is 84.9 Å². The van der Waals surface area contributed by atoms with Gasteiger partial charge in [0.15, 0.2) is 4.87 Å². The van der Waals surface area contributed by atoms with Crippen LogP contribution in [0.2, 0.25) is 0 Å². The third kappa shape index (κ3) is 3.80. The van der Waals surface area contributed by atoms with E-state index >= 15 is 0 Å². The van der Waals surface area contributed by atoms with Gasteiger partial charge in [0.05, 0.1) is 12.8 Å². The third-order valence-electron chi connectivity index (χ3n) is 5.92. The number of para-hydroxylation sites is 1. The number of anilines is 2. The Morgan fingerprint density at radius 2 is 1.71 bits per heavy atom. The minimum absolute atomic E-state index is 0.131. The SMILES string of the molecule is COc1ccc(NC(=O)[C@@H](OC(=O)[C@@]23CCC(=O)N2c2ccccc2S3)c2ccccc2)cc1. The van der Waals surface area contributed by atoms with Gasteiger partial charge in [-0.1, -0.05) is 54.2 Å². The van der Waals surface area contributed by atoms with Gasteiger partial charge in [0.2, 0.25) is 12.0 Å². The van der Waals surface area contributed by atoms with Crippen molar-refractivity contribution in [3.63, 3.8) is 0 Å². The molecule has 172 valence electrons. The summed E-state index contributed by atoms with van der Waals surface area (Å²) in [6, 6.07) is 23.1. The summed E-state index contributed by atoms with van der Waals surface area (Å²) in [4.78, 5) is 40.8. The first-order chi connectivity index (χ1) is 16.5. The second-order valence-corrected chi connectivity index (χ2v) is 9.32. The molecule has 2 heterocycles. The maximum absolute atomic E-state index is 13.7. The number of hydrogen-bond acceptors (Lipinski definition) is 6. The average Bonchev–Trinajstić information content (AvgIpc) is 3.39. The molecule has 0 aliphatic carbocycles. The van der Waals surface area contributed by atoms with Gasteiger partial charge in [0, 0.05) is 29.0 Å². The van der Waals surface area contributed by atoms with E-state index in [-0.39, 0.29) is 12.3 Å². The molecule has 8 heteroatoms. The zero-order valence-electron chi connectivity index (χ0n) is 18.4. The van der Waals surface area contributed by atoms with Crippen molar-refractivity contribution in [2.75, 3.05) is 17.3 Å². The summed E-state index contributed by atoms with van der Waals surface area (Å²) in [6.45, 7) is 0. The highest BCUT2D eigenvalue weighted by Crippen LogP contribution is 2.56. The van der Waals surface area contributed by atoms with Crippen LogP contribution in [-0.2, 0) is 19.1 Å². The first-order valence-corrected chi connectivity index (χ1v) is 11.7. The van der Waals surface area contributed by atoms with E-state index in [1.807, 2.05) is 30.3 Å². The van der Waals surface area contributed by atoms with Crippen LogP contribution < -0.4 is 15.0 Å². The quantitative estimate of drug-likeness (QED) is 0.528. The van der Waals surface area contributed by atoms with Crippen molar-refractivity contribution in [3.05, 3.63) is 84.4 Å². The van der Waals surface area contributed by atoms with E-state index in [1.165, 1.54) is 16.7 Å². The Morgan fingerprint density at radius 1 is 1.00 bits per heavy atom. The summed E-state index contributed by atoms with van der Waals surface area (Å²) in [6.07, 6.45) is -0.636. The summed E-state index contributed by atoms with van der Waals surface area (Å²) in [5, 5.41) is 2.81. The first kappa shape index (κ1) is 22.0. The predicted octanol–water partition coefficient (Wildman–Crippen LogP) is 4.55. The van der Waals surface area contributed by atoms with Crippen molar-refractivity contribution in [2.45, 2.75) is 28.7 Å². The zero-order valence-corrected chi connectivity index (χ0v) is 19.2. The Morgan fingerprint density at radius 3 is 2.44 bits per heavy atom. The summed E-state index contributed by atoms with van der Waals surface area (Å²) < 4.78 is 11.1. The number of esters is 1. The Balaban J connectivity index is 1.43. The molecule has 1 fully saturated rings. The van der Waals surface area contributed by atoms with E-state index in [2.05, 4.69) is 5.32 Å². The van der Waals surface area contributed by atoms with Crippen LogP contribution in [0.15, 0.2) is 83.8 Å². The number of thioether (sulfide) groups is 1. The number of rotatable bonds is 6. The minimum atomic E-state index is -1.21. The number of nitrogens with zero attached hydrogens (tertiary/aromatic N) is 1. The van der Waals surface area contributed by atoms with Crippen molar-refractivity contribution < 1.29 is 23.9 Å². The van der Waals surface area contributed by atoms with Crippen LogP contribution in [0.1, 0.15) is 24.5 Å². The standard InChI is InChI=1S/C26H22N2O5S/c1-32-19-13-11-18(12-14-19)27-24(30)23(17-7-3-2-4-8-17)33-25(31)26-16-15-22(29)28(26)20-9-5-6-10-21(20)34-26/h2-14,23H,15-16H2,1H3,(H,27,30)/t23-,26-/m0/s1. The van der Waals surface area contributed by atoms with Crippen LogP contribution in [-0.4, -0.2) is 29.8 Å². The molecule has 1 saturated heterocycles. The van der Waals surface area contributed by atoms with E-state index in [1.54, 1.807) is 55.6 Å². The lowest BCUT2D eigenvalue weighted by molar-refractivity contribution is -0.157. The molecule has 2 aliphatic heterocycles. The normalized spacial score (nSPS) is 19.2. The highest BCUT2D eigenvalue weighted by molar-refractivity contribution is 8.02. The number of carbonyl (C=O) groups is 3. The molecule has 1 N–H and O–H groups in total. The van der Waals surface area contributed by atoms with E-state index in [0.717, 1.165) is 4.90 Å². The number of carbonyl (C=O) groups excluding carboxylic acids is 3. The van der Waals surface area contributed by atoms with E-state index in [9.17, 15) is 14.4 Å². The minimum Gasteiger partial charge on any atom is -0.497 e. The number of nitrogens with one attached hydrogen (secondary N) is 1. The van der Waals surface area contributed by atoms with Gasteiger partial charge >= 0.3 is 5.97 Å². The maximum Gasteiger partial charge on any atom is 0.344 e. The Labute approximate surface area is 201 Å². The van der Waals surface area contributed by atoms with Gasteiger partial charge in [-0.3, -0.25) is 14.5 Å². The summed E-state index contributed by atoms with van der Waals surface area (Å²) in [5.74, 6) is -0.573. The van der Waals surface area contributed by atoms with E-state index in [4.69, 9.17) is 9.47 Å². The molecule has 2 amide bonds. The third-order valence-corrected chi connectivity index (χ3v) is 7.37. The van der Waals surface area contributed by atoms with Crippen molar-refractivity contribution in [1.82, 2.24) is 0 Å². The number of methoxy groups -OCH3 is 1. The van der Waals surface area contributed by atoms with E-state index < -0.39 is 22.9 Å². The summed E-state index contributed by atoms with van der Waals surface area (Å²) >= 11 is 1.31. The number of hydrogen-bond donors (Lipinski definition) is 1. The molecule has 3 aromatic carbocycles. The molecule has 0 unspecified atom stereocenters. The fourth-order valence-electron chi connectivity index (χ4n) is 4.25. The van der Waals surface area contributed by atoms with Gasteiger partial charge in [-0.15, -0.1) is 0 Å². The zero-order chi connectivity index (χ0) is 23.7. The summed E-state index contributed by atoms with van der Waals surface area (Å²) in [5.41, 5.74) is 1.78. The van der Waals surface area contributed by atoms with Gasteiger partial charge in [-0.2, -0.15) is 0 Å². The number of amides is 2. The second kappa shape index (κ2) is 8.87. The van der Waals surface area contributed by atoms with Gasteiger partial charge in [0.1, 0.15) is 5.75 Å². The molecular weight excluding hydrogens is 452 g/mol. The van der Waals surface area contributed by atoms with Gasteiger partial charge in [-0.05, 0) is 36.4 Å². The molecule has 7 nitrogen and oxygen atoms in total. The van der Waals surface area contributed by atoms with Crippen molar-refractivity contribution in [1.29, 1.82) is 0 Å².